The second kappa shape index (κ2) is 8.38. The summed E-state index contributed by atoms with van der Waals surface area (Å²) in [6.07, 6.45) is 5.88. The molecule has 0 radical (unpaired) electrons. The van der Waals surface area contributed by atoms with Crippen LogP contribution in [0.4, 0.5) is 0 Å². The molecule has 21 heavy (non-hydrogen) atoms. The summed E-state index contributed by atoms with van der Waals surface area (Å²) in [5.41, 5.74) is 5.60. The van der Waals surface area contributed by atoms with Crippen molar-refractivity contribution in [2.24, 2.45) is 5.73 Å². The highest BCUT2D eigenvalue weighted by Crippen LogP contribution is 2.09. The van der Waals surface area contributed by atoms with Gasteiger partial charge < -0.3 is 16.2 Å². The minimum Gasteiger partial charge on any atom is -0.480 e. The average molecular weight is 314 g/mol. The number of hydrogen-bond acceptors (Lipinski definition) is 5. The molecule has 0 aromatic heterocycles. The minimum atomic E-state index is -2.31. The van der Waals surface area contributed by atoms with Gasteiger partial charge in [0.15, 0.2) is 0 Å². The largest absolute Gasteiger partial charge is 0.480 e. The van der Waals surface area contributed by atoms with E-state index < -0.39 is 28.2 Å². The maximum atomic E-state index is 11.9. The fraction of sp³-hybridized carbons (Fsp3) is 0.462. The Hall–Kier alpha value is -1.93. The number of carbonyl (C=O) groups excluding carboxylic acids is 1. The Labute approximate surface area is 124 Å². The number of carboxylic acids is 1. The molecule has 0 unspecified atom stereocenters. The summed E-state index contributed by atoms with van der Waals surface area (Å²) in [4.78, 5) is 23.2. The van der Waals surface area contributed by atoms with E-state index in [1.54, 1.807) is 0 Å². The molecule has 1 aliphatic rings. The number of aliphatic carboxylic acids is 1. The molecule has 7 nitrogen and oxygen atoms in total. The van der Waals surface area contributed by atoms with E-state index in [-0.39, 0.29) is 16.9 Å². The molecule has 0 aromatic rings. The first-order chi connectivity index (χ1) is 9.95. The summed E-state index contributed by atoms with van der Waals surface area (Å²) >= 11 is 0. The van der Waals surface area contributed by atoms with Crippen molar-refractivity contribution in [1.29, 1.82) is 0 Å². The fourth-order valence-corrected chi connectivity index (χ4v) is 2.21. The first-order valence-electron chi connectivity index (χ1n) is 6.52. The Bertz CT molecular complexity index is 596. The van der Waals surface area contributed by atoms with E-state index in [9.17, 15) is 18.0 Å². The molecule has 1 atom stereocenters. The van der Waals surface area contributed by atoms with Crippen molar-refractivity contribution in [2.75, 3.05) is 6.54 Å². The van der Waals surface area contributed by atoms with Gasteiger partial charge in [0, 0.05) is 12.0 Å². The molecule has 0 spiro atoms. The lowest BCUT2D eigenvalue weighted by atomic mass is 10.0. The van der Waals surface area contributed by atoms with E-state index in [1.165, 1.54) is 18.2 Å². The van der Waals surface area contributed by atoms with Crippen LogP contribution in [0.1, 0.15) is 25.7 Å². The lowest BCUT2D eigenvalue weighted by Crippen LogP contribution is -2.41. The van der Waals surface area contributed by atoms with Crippen molar-refractivity contribution in [2.45, 2.75) is 31.7 Å². The number of unbranched alkanes of at least 4 members (excludes halogenated alkanes) is 1. The summed E-state index contributed by atoms with van der Waals surface area (Å²) in [6.45, 7) is 0.471. The van der Waals surface area contributed by atoms with Crippen molar-refractivity contribution in [1.82, 2.24) is 5.32 Å². The van der Waals surface area contributed by atoms with Gasteiger partial charge >= 0.3 is 5.97 Å². The molecule has 4 N–H and O–H groups in total. The topological polar surface area (TPSA) is 127 Å². The molecule has 1 aliphatic carbocycles. The second-order valence-electron chi connectivity index (χ2n) is 4.55. The summed E-state index contributed by atoms with van der Waals surface area (Å²) in [5.74, 6) is -1.63. The Morgan fingerprint density at radius 2 is 2.05 bits per heavy atom. The third-order valence-electron chi connectivity index (χ3n) is 3.00. The van der Waals surface area contributed by atoms with Crippen LogP contribution in [0.15, 0.2) is 23.8 Å². The van der Waals surface area contributed by atoms with Crippen LogP contribution in [0.2, 0.25) is 0 Å². The Balaban J connectivity index is 2.65. The first-order valence-corrected chi connectivity index (χ1v) is 7.60. The zero-order valence-electron chi connectivity index (χ0n) is 11.4. The van der Waals surface area contributed by atoms with Crippen LogP contribution in [0.25, 0.3) is 0 Å². The SMILES string of the molecule is NCCCC[C@H](NC(=O)C1=CCC(=S(=O)=O)C=C1)C(=O)O. The van der Waals surface area contributed by atoms with Crippen LogP contribution in [0.3, 0.4) is 0 Å². The normalized spacial score (nSPS) is 15.3. The highest BCUT2D eigenvalue weighted by Gasteiger charge is 2.21. The second-order valence-corrected chi connectivity index (χ2v) is 5.54. The summed E-state index contributed by atoms with van der Waals surface area (Å²) in [7, 11) is -2.31. The lowest BCUT2D eigenvalue weighted by Gasteiger charge is -2.15. The number of nitrogens with one attached hydrogen (secondary N) is 1. The quantitative estimate of drug-likeness (QED) is 0.434. The summed E-state index contributed by atoms with van der Waals surface area (Å²) < 4.78 is 21.5. The van der Waals surface area contributed by atoms with E-state index in [4.69, 9.17) is 10.8 Å². The molecule has 0 saturated heterocycles. The molecule has 116 valence electrons. The van der Waals surface area contributed by atoms with Gasteiger partial charge in [-0.05, 0) is 38.0 Å². The van der Waals surface area contributed by atoms with E-state index in [1.807, 2.05) is 0 Å². The van der Waals surface area contributed by atoms with Gasteiger partial charge in [0.25, 0.3) is 5.91 Å². The van der Waals surface area contributed by atoms with E-state index in [2.05, 4.69) is 5.32 Å². The van der Waals surface area contributed by atoms with Gasteiger partial charge in [-0.25, -0.2) is 4.79 Å². The van der Waals surface area contributed by atoms with Gasteiger partial charge in [-0.15, -0.1) is 0 Å². The molecule has 0 heterocycles. The summed E-state index contributed by atoms with van der Waals surface area (Å²) in [5, 5.41) is 11.5. The highest BCUT2D eigenvalue weighted by molar-refractivity contribution is 7.73. The highest BCUT2D eigenvalue weighted by atomic mass is 32.2. The van der Waals surface area contributed by atoms with Gasteiger partial charge in [0.2, 0.25) is 10.3 Å². The predicted octanol–water partition coefficient (Wildman–Crippen LogP) is -0.377. The van der Waals surface area contributed by atoms with Crippen molar-refractivity contribution < 1.29 is 23.1 Å². The fourth-order valence-electron chi connectivity index (χ4n) is 1.81. The molecule has 0 bridgehead atoms. The molecule has 0 aromatic carbocycles. The third kappa shape index (κ3) is 5.52. The standard InChI is InChI=1S/C13H18N2O5S/c14-8-2-1-3-11(13(17)18)15-12(16)9-4-6-10(7-5-9)21(19)20/h4-6,11H,1-3,7-8,14H2,(H,15,16)(H,17,18)/t11-/m0/s1. The molecule has 0 aliphatic heterocycles. The van der Waals surface area contributed by atoms with Gasteiger partial charge in [0.1, 0.15) is 6.04 Å². The molecule has 1 rings (SSSR count). The van der Waals surface area contributed by atoms with Gasteiger partial charge in [-0.3, -0.25) is 4.79 Å². The smallest absolute Gasteiger partial charge is 0.326 e. The van der Waals surface area contributed by atoms with Crippen LogP contribution >= 0.6 is 0 Å². The number of rotatable bonds is 7. The van der Waals surface area contributed by atoms with Crippen LogP contribution in [-0.4, -0.2) is 42.9 Å². The van der Waals surface area contributed by atoms with E-state index in [0.717, 1.165) is 0 Å². The van der Waals surface area contributed by atoms with Crippen LogP contribution in [0.5, 0.6) is 0 Å². The zero-order valence-corrected chi connectivity index (χ0v) is 12.2. The molecule has 0 fully saturated rings. The number of carboxylic acid groups (broad SMARTS) is 1. The maximum Gasteiger partial charge on any atom is 0.326 e. The number of hydrogen-bond donors (Lipinski definition) is 3. The number of nitrogens with two attached hydrogens (primary N) is 1. The minimum absolute atomic E-state index is 0.125. The number of allylic oxidation sites excluding steroid dienone is 2. The van der Waals surface area contributed by atoms with Crippen LogP contribution in [0, 0.1) is 0 Å². The van der Waals surface area contributed by atoms with Crippen molar-refractivity contribution >= 4 is 27.0 Å². The van der Waals surface area contributed by atoms with Crippen molar-refractivity contribution in [3.63, 3.8) is 0 Å². The van der Waals surface area contributed by atoms with Gasteiger partial charge in [-0.2, -0.15) is 8.42 Å². The van der Waals surface area contributed by atoms with E-state index in [0.29, 0.717) is 25.8 Å². The first kappa shape index (κ1) is 17.1. The van der Waals surface area contributed by atoms with E-state index >= 15 is 0 Å². The van der Waals surface area contributed by atoms with Crippen molar-refractivity contribution in [3.8, 4) is 0 Å². The average Bonchev–Trinajstić information content (AvgIpc) is 2.46. The van der Waals surface area contributed by atoms with Crippen LogP contribution < -0.4 is 11.1 Å². The zero-order chi connectivity index (χ0) is 15.8. The molecular formula is C13H18N2O5S. The Morgan fingerprint density at radius 1 is 1.33 bits per heavy atom. The number of amides is 1. The maximum absolute atomic E-state index is 11.9. The molecule has 8 heteroatoms. The van der Waals surface area contributed by atoms with Gasteiger partial charge in [-0.1, -0.05) is 6.08 Å². The molecule has 1 amide bonds. The van der Waals surface area contributed by atoms with Gasteiger partial charge in [0.05, 0.1) is 4.86 Å². The lowest BCUT2D eigenvalue weighted by molar-refractivity contribution is -0.141. The predicted molar refractivity (Wildman–Crippen MR) is 78.2 cm³/mol. The monoisotopic (exact) mass is 314 g/mol. The Kier molecular flexibility index (Phi) is 6.83. The Morgan fingerprint density at radius 3 is 2.52 bits per heavy atom. The van der Waals surface area contributed by atoms with Crippen molar-refractivity contribution in [3.05, 3.63) is 23.8 Å². The number of carbonyl (C=O) groups is 2. The molecule has 0 saturated carbocycles. The van der Waals surface area contributed by atoms with Crippen LogP contribution in [-0.2, 0) is 19.9 Å². The summed E-state index contributed by atoms with van der Waals surface area (Å²) in [6, 6.07) is -0.975. The molecular weight excluding hydrogens is 296 g/mol. The third-order valence-corrected chi connectivity index (χ3v) is 3.73.